The Balaban J connectivity index is 1.69. The van der Waals surface area contributed by atoms with Crippen molar-refractivity contribution in [3.8, 4) is 0 Å². The van der Waals surface area contributed by atoms with Crippen molar-refractivity contribution in [1.29, 1.82) is 0 Å². The number of carbonyl (C=O) groups excluding carboxylic acids is 1. The molecule has 0 saturated carbocycles. The van der Waals surface area contributed by atoms with Crippen LogP contribution in [-0.2, 0) is 28.5 Å². The zero-order valence-electron chi connectivity index (χ0n) is 13.6. The lowest BCUT2D eigenvalue weighted by molar-refractivity contribution is -0.142. The van der Waals surface area contributed by atoms with Crippen LogP contribution in [0, 0.1) is 5.92 Å². The number of anilines is 1. The molecule has 9 heteroatoms. The minimum Gasteiger partial charge on any atom is -0.481 e. The van der Waals surface area contributed by atoms with Gasteiger partial charge in [0.1, 0.15) is 12.3 Å². The third kappa shape index (κ3) is 4.16. The second kappa shape index (κ2) is 7.36. The SMILES string of the molecule is O=C(Nc1nc2c(s1)CC(C(=O)O)CCC2(F)F)OCc1ccccc1. The Labute approximate surface area is 151 Å². The molecule has 1 unspecified atom stereocenters. The van der Waals surface area contributed by atoms with Crippen LogP contribution in [0.4, 0.5) is 18.7 Å². The maximum Gasteiger partial charge on any atom is 0.413 e. The highest BCUT2D eigenvalue weighted by atomic mass is 32.1. The van der Waals surface area contributed by atoms with Gasteiger partial charge in [-0.15, -0.1) is 11.3 Å². The molecule has 1 amide bonds. The number of benzene rings is 1. The molecule has 1 aromatic carbocycles. The van der Waals surface area contributed by atoms with Crippen LogP contribution in [0.3, 0.4) is 0 Å². The van der Waals surface area contributed by atoms with Crippen molar-refractivity contribution in [2.75, 3.05) is 5.32 Å². The molecule has 1 aliphatic rings. The number of nitrogens with one attached hydrogen (secondary N) is 1. The van der Waals surface area contributed by atoms with E-state index in [4.69, 9.17) is 9.84 Å². The van der Waals surface area contributed by atoms with Crippen LogP contribution in [-0.4, -0.2) is 22.2 Å². The first-order valence-electron chi connectivity index (χ1n) is 7.93. The number of carboxylic acids is 1. The fraction of sp³-hybridized carbons (Fsp3) is 0.353. The molecule has 0 spiro atoms. The van der Waals surface area contributed by atoms with E-state index in [0.717, 1.165) is 16.9 Å². The van der Waals surface area contributed by atoms with Crippen LogP contribution < -0.4 is 5.32 Å². The monoisotopic (exact) mass is 382 g/mol. The molecule has 0 radical (unpaired) electrons. The van der Waals surface area contributed by atoms with Gasteiger partial charge >= 0.3 is 12.1 Å². The number of rotatable bonds is 4. The number of carbonyl (C=O) groups is 2. The van der Waals surface area contributed by atoms with Gasteiger partial charge in [-0.25, -0.2) is 9.78 Å². The summed E-state index contributed by atoms with van der Waals surface area (Å²) in [5.41, 5.74) is 0.331. The Kier molecular flexibility index (Phi) is 5.17. The number of carboxylic acid groups (broad SMARTS) is 1. The highest BCUT2D eigenvalue weighted by Gasteiger charge is 2.42. The van der Waals surface area contributed by atoms with Gasteiger partial charge in [0.05, 0.1) is 5.92 Å². The van der Waals surface area contributed by atoms with Crippen molar-refractivity contribution in [2.45, 2.75) is 31.8 Å². The van der Waals surface area contributed by atoms with E-state index in [0.29, 0.717) is 0 Å². The second-order valence-electron chi connectivity index (χ2n) is 5.96. The molecule has 1 aliphatic carbocycles. The smallest absolute Gasteiger partial charge is 0.413 e. The van der Waals surface area contributed by atoms with Crippen LogP contribution in [0.15, 0.2) is 30.3 Å². The number of nitrogens with zero attached hydrogens (tertiary/aromatic N) is 1. The van der Waals surface area contributed by atoms with Gasteiger partial charge in [0.15, 0.2) is 5.13 Å². The molecule has 2 aromatic rings. The van der Waals surface area contributed by atoms with E-state index < -0.39 is 36.0 Å². The lowest BCUT2D eigenvalue weighted by Gasteiger charge is -2.12. The van der Waals surface area contributed by atoms with E-state index in [1.807, 2.05) is 6.07 Å². The third-order valence-electron chi connectivity index (χ3n) is 4.05. The normalized spacial score (nSPS) is 18.5. The standard InChI is InChI=1S/C17H16F2N2O4S/c18-17(19)7-6-11(14(22)23)8-12-13(17)20-15(26-12)21-16(24)25-9-10-4-2-1-3-5-10/h1-5,11H,6-9H2,(H,22,23)(H,20,21,24). The number of halogens is 2. The lowest BCUT2D eigenvalue weighted by Crippen LogP contribution is -2.17. The van der Waals surface area contributed by atoms with Gasteiger partial charge in [0.2, 0.25) is 0 Å². The molecule has 6 nitrogen and oxygen atoms in total. The first-order chi connectivity index (χ1) is 12.3. The number of alkyl halides is 2. The van der Waals surface area contributed by atoms with E-state index >= 15 is 0 Å². The summed E-state index contributed by atoms with van der Waals surface area (Å²) in [6.45, 7) is 0.0367. The van der Waals surface area contributed by atoms with Gasteiger partial charge in [-0.3, -0.25) is 10.1 Å². The van der Waals surface area contributed by atoms with E-state index in [-0.39, 0.29) is 29.5 Å². The number of amides is 1. The number of fused-ring (bicyclic) bond motifs is 1. The molecule has 2 N–H and O–H groups in total. The fourth-order valence-corrected chi connectivity index (χ4v) is 3.77. The number of hydrogen-bond acceptors (Lipinski definition) is 5. The lowest BCUT2D eigenvalue weighted by atomic mass is 10.0. The van der Waals surface area contributed by atoms with Gasteiger partial charge in [-0.1, -0.05) is 30.3 Å². The molecule has 3 rings (SSSR count). The fourth-order valence-electron chi connectivity index (χ4n) is 2.69. The van der Waals surface area contributed by atoms with Gasteiger partial charge in [-0.2, -0.15) is 8.78 Å². The van der Waals surface area contributed by atoms with Crippen molar-refractivity contribution >= 4 is 28.5 Å². The quantitative estimate of drug-likeness (QED) is 0.780. The molecule has 0 aliphatic heterocycles. The van der Waals surface area contributed by atoms with Crippen LogP contribution in [0.2, 0.25) is 0 Å². The summed E-state index contributed by atoms with van der Waals surface area (Å²) in [6, 6.07) is 9.00. The molecule has 0 saturated heterocycles. The Morgan fingerprint density at radius 2 is 2.08 bits per heavy atom. The Morgan fingerprint density at radius 1 is 1.35 bits per heavy atom. The zero-order valence-corrected chi connectivity index (χ0v) is 14.4. The summed E-state index contributed by atoms with van der Waals surface area (Å²) in [5.74, 6) is -5.22. The van der Waals surface area contributed by atoms with Crippen molar-refractivity contribution in [2.24, 2.45) is 5.92 Å². The second-order valence-corrected chi connectivity index (χ2v) is 7.04. The van der Waals surface area contributed by atoms with Crippen LogP contribution >= 0.6 is 11.3 Å². The van der Waals surface area contributed by atoms with Crippen molar-refractivity contribution in [1.82, 2.24) is 4.98 Å². The summed E-state index contributed by atoms with van der Waals surface area (Å²) in [5, 5.41) is 11.4. The summed E-state index contributed by atoms with van der Waals surface area (Å²) in [4.78, 5) is 27.0. The average molecular weight is 382 g/mol. The van der Waals surface area contributed by atoms with Crippen LogP contribution in [0.25, 0.3) is 0 Å². The number of aliphatic carboxylic acids is 1. The minimum absolute atomic E-state index is 0.0289. The van der Waals surface area contributed by atoms with Gasteiger partial charge < -0.3 is 9.84 Å². The topological polar surface area (TPSA) is 88.5 Å². The molecule has 138 valence electrons. The van der Waals surface area contributed by atoms with E-state index in [9.17, 15) is 18.4 Å². The molecule has 1 heterocycles. The highest BCUT2D eigenvalue weighted by molar-refractivity contribution is 7.15. The van der Waals surface area contributed by atoms with Crippen LogP contribution in [0.5, 0.6) is 0 Å². The predicted octanol–water partition coefficient (Wildman–Crippen LogP) is 4.02. The average Bonchev–Trinajstić information content (AvgIpc) is 2.95. The molecule has 0 bridgehead atoms. The minimum atomic E-state index is -3.22. The maximum atomic E-state index is 14.2. The van der Waals surface area contributed by atoms with E-state index in [1.165, 1.54) is 0 Å². The first-order valence-corrected chi connectivity index (χ1v) is 8.75. The molecule has 0 fully saturated rings. The number of ether oxygens (including phenoxy) is 1. The molecular formula is C17H16F2N2O4S. The molecule has 26 heavy (non-hydrogen) atoms. The maximum absolute atomic E-state index is 14.2. The zero-order chi connectivity index (χ0) is 18.7. The summed E-state index contributed by atoms with van der Waals surface area (Å²) < 4.78 is 33.5. The van der Waals surface area contributed by atoms with Crippen molar-refractivity contribution < 1.29 is 28.2 Å². The number of hydrogen-bond donors (Lipinski definition) is 2. The summed E-state index contributed by atoms with van der Waals surface area (Å²) in [7, 11) is 0. The van der Waals surface area contributed by atoms with Gasteiger partial charge in [0.25, 0.3) is 5.92 Å². The summed E-state index contributed by atoms with van der Waals surface area (Å²) in [6.07, 6.45) is -1.54. The van der Waals surface area contributed by atoms with Crippen molar-refractivity contribution in [3.05, 3.63) is 46.5 Å². The van der Waals surface area contributed by atoms with E-state index in [2.05, 4.69) is 10.3 Å². The predicted molar refractivity (Wildman–Crippen MR) is 90.3 cm³/mol. The summed E-state index contributed by atoms with van der Waals surface area (Å²) >= 11 is 0.856. The molecular weight excluding hydrogens is 366 g/mol. The number of thiazole rings is 1. The van der Waals surface area contributed by atoms with Gasteiger partial charge in [0, 0.05) is 11.3 Å². The molecule has 1 atom stereocenters. The first kappa shape index (κ1) is 18.2. The largest absolute Gasteiger partial charge is 0.481 e. The van der Waals surface area contributed by atoms with Crippen molar-refractivity contribution in [3.63, 3.8) is 0 Å². The van der Waals surface area contributed by atoms with E-state index in [1.54, 1.807) is 24.3 Å². The Morgan fingerprint density at radius 3 is 2.77 bits per heavy atom. The van der Waals surface area contributed by atoms with Crippen LogP contribution in [0.1, 0.15) is 29.0 Å². The third-order valence-corrected chi connectivity index (χ3v) is 5.05. The number of aromatic nitrogens is 1. The Bertz CT molecular complexity index is 810. The highest BCUT2D eigenvalue weighted by Crippen LogP contribution is 2.43. The van der Waals surface area contributed by atoms with Gasteiger partial charge in [-0.05, 0) is 18.4 Å². The Hall–Kier alpha value is -2.55. The molecule has 1 aromatic heterocycles.